The van der Waals surface area contributed by atoms with Crippen molar-refractivity contribution < 1.29 is 0 Å². The fourth-order valence-corrected chi connectivity index (χ4v) is 3.71. The van der Waals surface area contributed by atoms with Crippen LogP contribution in [0.3, 0.4) is 0 Å². The van der Waals surface area contributed by atoms with E-state index in [4.69, 9.17) is 0 Å². The molecule has 86 valence electrons. The molecule has 3 aromatic rings. The zero-order valence-corrected chi connectivity index (χ0v) is 11.1. The van der Waals surface area contributed by atoms with Crippen molar-refractivity contribution in [1.82, 2.24) is 0 Å². The number of thiophene rings is 1. The number of hydrogen-bond acceptors (Lipinski definition) is 1. The van der Waals surface area contributed by atoms with Gasteiger partial charge in [-0.2, -0.15) is 0 Å². The van der Waals surface area contributed by atoms with Crippen molar-refractivity contribution in [3.8, 4) is 0 Å². The van der Waals surface area contributed by atoms with E-state index in [1.807, 2.05) is 11.3 Å². The SMILES string of the molecule is CCC(C)c1cccc2c1sc1ccccc12. The number of hydrogen-bond donors (Lipinski definition) is 0. The van der Waals surface area contributed by atoms with Crippen molar-refractivity contribution in [3.63, 3.8) is 0 Å². The van der Waals surface area contributed by atoms with Gasteiger partial charge in [-0.05, 0) is 24.0 Å². The second-order valence-electron chi connectivity index (χ2n) is 4.63. The van der Waals surface area contributed by atoms with Gasteiger partial charge in [0.25, 0.3) is 0 Å². The topological polar surface area (TPSA) is 0 Å². The first-order chi connectivity index (χ1) is 8.31. The average Bonchev–Trinajstić information content (AvgIpc) is 2.76. The first-order valence-corrected chi connectivity index (χ1v) is 7.03. The molecule has 0 aliphatic heterocycles. The molecule has 0 saturated heterocycles. The third-order valence-electron chi connectivity index (χ3n) is 3.58. The third kappa shape index (κ3) is 1.66. The van der Waals surface area contributed by atoms with Crippen LogP contribution in [0.25, 0.3) is 20.2 Å². The van der Waals surface area contributed by atoms with Crippen molar-refractivity contribution >= 4 is 31.5 Å². The predicted molar refractivity (Wildman–Crippen MR) is 78.0 cm³/mol. The van der Waals surface area contributed by atoms with Gasteiger partial charge in [0.1, 0.15) is 0 Å². The molecule has 0 aliphatic rings. The van der Waals surface area contributed by atoms with E-state index in [-0.39, 0.29) is 0 Å². The minimum atomic E-state index is 0.645. The van der Waals surface area contributed by atoms with Gasteiger partial charge in [-0.1, -0.05) is 50.2 Å². The Morgan fingerprint density at radius 2 is 1.76 bits per heavy atom. The Balaban J connectivity index is 2.39. The highest BCUT2D eigenvalue weighted by molar-refractivity contribution is 7.26. The van der Waals surface area contributed by atoms with Crippen LogP contribution in [0.15, 0.2) is 42.5 Å². The average molecular weight is 240 g/mol. The summed E-state index contributed by atoms with van der Waals surface area (Å²) in [6, 6.07) is 15.4. The Labute approximate surface area is 106 Å². The highest BCUT2D eigenvalue weighted by Gasteiger charge is 2.11. The summed E-state index contributed by atoms with van der Waals surface area (Å²) in [5.41, 5.74) is 1.51. The molecule has 1 heteroatoms. The fraction of sp³-hybridized carbons (Fsp3) is 0.250. The molecule has 3 rings (SSSR count). The Morgan fingerprint density at radius 3 is 2.59 bits per heavy atom. The first kappa shape index (κ1) is 10.8. The van der Waals surface area contributed by atoms with Crippen molar-refractivity contribution in [3.05, 3.63) is 48.0 Å². The molecule has 1 heterocycles. The zero-order valence-electron chi connectivity index (χ0n) is 10.2. The maximum Gasteiger partial charge on any atom is 0.0390 e. The molecule has 0 bridgehead atoms. The molecule has 0 spiro atoms. The summed E-state index contributed by atoms with van der Waals surface area (Å²) >= 11 is 1.93. The van der Waals surface area contributed by atoms with Crippen LogP contribution >= 0.6 is 11.3 Å². The van der Waals surface area contributed by atoms with Gasteiger partial charge < -0.3 is 0 Å². The van der Waals surface area contributed by atoms with Crippen LogP contribution in [0, 0.1) is 0 Å². The molecule has 0 N–H and O–H groups in total. The maximum atomic E-state index is 2.32. The summed E-state index contributed by atoms with van der Waals surface area (Å²) in [7, 11) is 0. The molecular formula is C16H16S. The van der Waals surface area contributed by atoms with Crippen LogP contribution in [0.5, 0.6) is 0 Å². The van der Waals surface area contributed by atoms with Crippen molar-refractivity contribution in [2.24, 2.45) is 0 Å². The fourth-order valence-electron chi connectivity index (χ4n) is 2.38. The minimum Gasteiger partial charge on any atom is -0.135 e. The first-order valence-electron chi connectivity index (χ1n) is 6.21. The van der Waals surface area contributed by atoms with Gasteiger partial charge in [-0.15, -0.1) is 11.3 Å². The quantitative estimate of drug-likeness (QED) is 0.549. The lowest BCUT2D eigenvalue weighted by molar-refractivity contribution is 0.740. The van der Waals surface area contributed by atoms with E-state index in [0.29, 0.717) is 5.92 Å². The van der Waals surface area contributed by atoms with Gasteiger partial charge in [0, 0.05) is 20.2 Å². The molecule has 1 unspecified atom stereocenters. The van der Waals surface area contributed by atoms with E-state index in [9.17, 15) is 0 Å². The maximum absolute atomic E-state index is 2.32. The highest BCUT2D eigenvalue weighted by atomic mass is 32.1. The molecule has 0 amide bonds. The molecule has 0 aliphatic carbocycles. The molecule has 2 aromatic carbocycles. The van der Waals surface area contributed by atoms with Gasteiger partial charge in [0.15, 0.2) is 0 Å². The normalized spacial score (nSPS) is 13.3. The van der Waals surface area contributed by atoms with Crippen LogP contribution < -0.4 is 0 Å². The Hall–Kier alpha value is -1.34. The Bertz CT molecular complexity index is 663. The van der Waals surface area contributed by atoms with E-state index in [1.165, 1.54) is 32.2 Å². The molecule has 1 aromatic heterocycles. The number of fused-ring (bicyclic) bond motifs is 3. The second-order valence-corrected chi connectivity index (χ2v) is 5.68. The standard InChI is InChI=1S/C16H16S/c1-3-11(2)12-8-6-9-14-13-7-4-5-10-15(13)17-16(12)14/h4-11H,3H2,1-2H3. The predicted octanol–water partition coefficient (Wildman–Crippen LogP) is 5.57. The summed E-state index contributed by atoms with van der Waals surface area (Å²) < 4.78 is 2.88. The van der Waals surface area contributed by atoms with E-state index in [1.54, 1.807) is 0 Å². The molecule has 0 fully saturated rings. The largest absolute Gasteiger partial charge is 0.135 e. The minimum absolute atomic E-state index is 0.645. The van der Waals surface area contributed by atoms with Gasteiger partial charge in [-0.25, -0.2) is 0 Å². The molecular weight excluding hydrogens is 224 g/mol. The second kappa shape index (κ2) is 4.15. The van der Waals surface area contributed by atoms with Gasteiger partial charge in [0.2, 0.25) is 0 Å². The van der Waals surface area contributed by atoms with Gasteiger partial charge in [-0.3, -0.25) is 0 Å². The number of benzene rings is 2. The summed E-state index contributed by atoms with van der Waals surface area (Å²) in [6.07, 6.45) is 1.20. The Morgan fingerprint density at radius 1 is 1.00 bits per heavy atom. The summed E-state index contributed by atoms with van der Waals surface area (Å²) in [4.78, 5) is 0. The van der Waals surface area contributed by atoms with E-state index in [0.717, 1.165) is 0 Å². The summed E-state index contributed by atoms with van der Waals surface area (Å²) in [6.45, 7) is 4.58. The van der Waals surface area contributed by atoms with Gasteiger partial charge in [0.05, 0.1) is 0 Å². The lowest BCUT2D eigenvalue weighted by Crippen LogP contribution is -1.90. The van der Waals surface area contributed by atoms with E-state index < -0.39 is 0 Å². The third-order valence-corrected chi connectivity index (χ3v) is 4.81. The van der Waals surface area contributed by atoms with Crippen LogP contribution in [-0.4, -0.2) is 0 Å². The molecule has 1 atom stereocenters. The van der Waals surface area contributed by atoms with Crippen molar-refractivity contribution in [2.45, 2.75) is 26.2 Å². The molecule has 0 nitrogen and oxygen atoms in total. The van der Waals surface area contributed by atoms with E-state index in [2.05, 4.69) is 56.3 Å². The van der Waals surface area contributed by atoms with E-state index >= 15 is 0 Å². The van der Waals surface area contributed by atoms with Crippen LogP contribution in [0.4, 0.5) is 0 Å². The zero-order chi connectivity index (χ0) is 11.8. The lowest BCUT2D eigenvalue weighted by Gasteiger charge is -2.09. The lowest BCUT2D eigenvalue weighted by atomic mass is 9.97. The molecule has 17 heavy (non-hydrogen) atoms. The van der Waals surface area contributed by atoms with Crippen LogP contribution in [0.1, 0.15) is 31.7 Å². The van der Waals surface area contributed by atoms with Gasteiger partial charge >= 0.3 is 0 Å². The summed E-state index contributed by atoms with van der Waals surface area (Å²) in [5.74, 6) is 0.645. The summed E-state index contributed by atoms with van der Waals surface area (Å²) in [5, 5.41) is 2.82. The van der Waals surface area contributed by atoms with Crippen molar-refractivity contribution in [2.75, 3.05) is 0 Å². The van der Waals surface area contributed by atoms with Crippen LogP contribution in [-0.2, 0) is 0 Å². The smallest absolute Gasteiger partial charge is 0.0390 e. The van der Waals surface area contributed by atoms with Crippen molar-refractivity contribution in [1.29, 1.82) is 0 Å². The number of rotatable bonds is 2. The van der Waals surface area contributed by atoms with Crippen LogP contribution in [0.2, 0.25) is 0 Å². The molecule has 0 radical (unpaired) electrons. The highest BCUT2D eigenvalue weighted by Crippen LogP contribution is 2.38. The Kier molecular flexibility index (Phi) is 2.64. The molecule has 0 saturated carbocycles. The monoisotopic (exact) mass is 240 g/mol.